The van der Waals surface area contributed by atoms with Gasteiger partial charge in [0.15, 0.2) is 6.10 Å². The SMILES string of the molecule is COCC(=O)Nc1cccc(CNC(=O)C(C)Oc2ccc(Cl)cc2)c1. The molecule has 1 unspecified atom stereocenters. The van der Waals surface area contributed by atoms with E-state index in [1.807, 2.05) is 6.07 Å². The van der Waals surface area contributed by atoms with Crippen LogP contribution in [0.1, 0.15) is 12.5 Å². The minimum Gasteiger partial charge on any atom is -0.481 e. The maximum absolute atomic E-state index is 12.2. The smallest absolute Gasteiger partial charge is 0.261 e. The van der Waals surface area contributed by atoms with Crippen LogP contribution < -0.4 is 15.4 Å². The Morgan fingerprint density at radius 3 is 2.58 bits per heavy atom. The summed E-state index contributed by atoms with van der Waals surface area (Å²) in [5, 5.41) is 6.13. The quantitative estimate of drug-likeness (QED) is 0.742. The average Bonchev–Trinajstić information content (AvgIpc) is 2.62. The number of ether oxygens (including phenoxy) is 2. The molecule has 2 aromatic rings. The highest BCUT2D eigenvalue weighted by molar-refractivity contribution is 6.30. The number of nitrogens with one attached hydrogen (secondary N) is 2. The van der Waals surface area contributed by atoms with Crippen LogP contribution >= 0.6 is 11.6 Å². The van der Waals surface area contributed by atoms with Crippen LogP contribution in [0.2, 0.25) is 5.02 Å². The lowest BCUT2D eigenvalue weighted by atomic mass is 10.2. The van der Waals surface area contributed by atoms with Crippen molar-refractivity contribution in [3.8, 4) is 5.75 Å². The molecular formula is C19H21ClN2O4. The molecule has 26 heavy (non-hydrogen) atoms. The van der Waals surface area contributed by atoms with Crippen molar-refractivity contribution in [1.29, 1.82) is 0 Å². The molecule has 0 saturated heterocycles. The number of carbonyl (C=O) groups excluding carboxylic acids is 2. The summed E-state index contributed by atoms with van der Waals surface area (Å²) in [6.07, 6.45) is -0.652. The molecule has 2 amide bonds. The minimum atomic E-state index is -0.652. The van der Waals surface area contributed by atoms with Crippen molar-refractivity contribution >= 4 is 29.1 Å². The number of amides is 2. The van der Waals surface area contributed by atoms with Crippen molar-refractivity contribution in [1.82, 2.24) is 5.32 Å². The molecule has 2 aromatic carbocycles. The highest BCUT2D eigenvalue weighted by Crippen LogP contribution is 2.17. The number of hydrogen-bond acceptors (Lipinski definition) is 4. The fourth-order valence-corrected chi connectivity index (χ4v) is 2.32. The van der Waals surface area contributed by atoms with Crippen molar-refractivity contribution in [2.45, 2.75) is 19.6 Å². The van der Waals surface area contributed by atoms with E-state index in [0.717, 1.165) is 5.56 Å². The molecule has 7 heteroatoms. The minimum absolute atomic E-state index is 0.0134. The third kappa shape index (κ3) is 6.38. The van der Waals surface area contributed by atoms with Crippen LogP contribution in [-0.2, 0) is 20.9 Å². The summed E-state index contributed by atoms with van der Waals surface area (Å²) in [6, 6.07) is 14.0. The predicted octanol–water partition coefficient (Wildman–Crippen LogP) is 3.01. The lowest BCUT2D eigenvalue weighted by Gasteiger charge is -2.15. The van der Waals surface area contributed by atoms with Gasteiger partial charge in [-0.3, -0.25) is 9.59 Å². The molecule has 0 fully saturated rings. The van der Waals surface area contributed by atoms with E-state index in [1.165, 1.54) is 7.11 Å². The van der Waals surface area contributed by atoms with Gasteiger partial charge in [0.05, 0.1) is 0 Å². The molecule has 0 aliphatic heterocycles. The Hall–Kier alpha value is -2.57. The molecule has 0 heterocycles. The van der Waals surface area contributed by atoms with Gasteiger partial charge in [0.1, 0.15) is 12.4 Å². The average molecular weight is 377 g/mol. The van der Waals surface area contributed by atoms with E-state index < -0.39 is 6.10 Å². The van der Waals surface area contributed by atoms with Crippen molar-refractivity contribution in [2.75, 3.05) is 19.0 Å². The van der Waals surface area contributed by atoms with E-state index in [0.29, 0.717) is 23.0 Å². The number of benzene rings is 2. The van der Waals surface area contributed by atoms with Gasteiger partial charge in [-0.2, -0.15) is 0 Å². The molecule has 6 nitrogen and oxygen atoms in total. The van der Waals surface area contributed by atoms with Gasteiger partial charge in [0, 0.05) is 24.4 Å². The molecular weight excluding hydrogens is 356 g/mol. The first-order valence-electron chi connectivity index (χ1n) is 8.05. The van der Waals surface area contributed by atoms with Crippen LogP contribution in [0.4, 0.5) is 5.69 Å². The Balaban J connectivity index is 1.86. The van der Waals surface area contributed by atoms with Gasteiger partial charge in [-0.1, -0.05) is 23.7 Å². The van der Waals surface area contributed by atoms with Gasteiger partial charge < -0.3 is 20.1 Å². The molecule has 0 aliphatic rings. The van der Waals surface area contributed by atoms with E-state index in [4.69, 9.17) is 21.1 Å². The van der Waals surface area contributed by atoms with Gasteiger partial charge >= 0.3 is 0 Å². The van der Waals surface area contributed by atoms with E-state index in [9.17, 15) is 9.59 Å². The molecule has 0 bridgehead atoms. The molecule has 0 aromatic heterocycles. The lowest BCUT2D eigenvalue weighted by Crippen LogP contribution is -2.35. The summed E-state index contributed by atoms with van der Waals surface area (Å²) < 4.78 is 10.4. The second kappa shape index (κ2) is 9.79. The maximum atomic E-state index is 12.2. The highest BCUT2D eigenvalue weighted by Gasteiger charge is 2.14. The number of rotatable bonds is 8. The zero-order valence-electron chi connectivity index (χ0n) is 14.6. The molecule has 0 spiro atoms. The van der Waals surface area contributed by atoms with Crippen LogP contribution in [-0.4, -0.2) is 31.6 Å². The summed E-state index contributed by atoms with van der Waals surface area (Å²) in [7, 11) is 1.46. The van der Waals surface area contributed by atoms with Gasteiger partial charge in [0.2, 0.25) is 5.91 Å². The predicted molar refractivity (Wildman–Crippen MR) is 100 cm³/mol. The monoisotopic (exact) mass is 376 g/mol. The summed E-state index contributed by atoms with van der Waals surface area (Å²) >= 11 is 5.82. The van der Waals surface area contributed by atoms with Crippen molar-refractivity contribution < 1.29 is 19.1 Å². The molecule has 0 aliphatic carbocycles. The second-order valence-corrected chi connectivity index (χ2v) is 6.05. The van der Waals surface area contributed by atoms with Gasteiger partial charge in [-0.05, 0) is 48.9 Å². The van der Waals surface area contributed by atoms with E-state index in [-0.39, 0.29) is 18.4 Å². The highest BCUT2D eigenvalue weighted by atomic mass is 35.5. The Labute approximate surface area is 157 Å². The molecule has 2 rings (SSSR count). The first-order valence-corrected chi connectivity index (χ1v) is 8.43. The van der Waals surface area contributed by atoms with Gasteiger partial charge in [0.25, 0.3) is 5.91 Å². The van der Waals surface area contributed by atoms with E-state index >= 15 is 0 Å². The number of anilines is 1. The van der Waals surface area contributed by atoms with Crippen LogP contribution in [0.15, 0.2) is 48.5 Å². The fourth-order valence-electron chi connectivity index (χ4n) is 2.19. The normalized spacial score (nSPS) is 11.5. The number of hydrogen-bond donors (Lipinski definition) is 2. The van der Waals surface area contributed by atoms with Gasteiger partial charge in [-0.15, -0.1) is 0 Å². The number of carbonyl (C=O) groups is 2. The summed E-state index contributed by atoms with van der Waals surface area (Å²) in [6.45, 7) is 1.98. The van der Waals surface area contributed by atoms with E-state index in [2.05, 4.69) is 10.6 Å². The Kier molecular flexibility index (Phi) is 7.44. The first kappa shape index (κ1) is 19.8. The summed E-state index contributed by atoms with van der Waals surface area (Å²) in [5.41, 5.74) is 1.50. The van der Waals surface area contributed by atoms with E-state index in [1.54, 1.807) is 49.4 Å². The van der Waals surface area contributed by atoms with Crippen molar-refractivity contribution in [3.63, 3.8) is 0 Å². The first-order chi connectivity index (χ1) is 12.5. The second-order valence-electron chi connectivity index (χ2n) is 5.61. The summed E-state index contributed by atoms with van der Waals surface area (Å²) in [5.74, 6) is 0.0901. The topological polar surface area (TPSA) is 76.7 Å². The molecule has 2 N–H and O–H groups in total. The maximum Gasteiger partial charge on any atom is 0.261 e. The van der Waals surface area contributed by atoms with Crippen molar-refractivity contribution in [2.24, 2.45) is 0 Å². The zero-order chi connectivity index (χ0) is 18.9. The van der Waals surface area contributed by atoms with Gasteiger partial charge in [-0.25, -0.2) is 0 Å². The Morgan fingerprint density at radius 1 is 1.15 bits per heavy atom. The Morgan fingerprint density at radius 2 is 1.88 bits per heavy atom. The zero-order valence-corrected chi connectivity index (χ0v) is 15.4. The third-order valence-electron chi connectivity index (χ3n) is 3.45. The summed E-state index contributed by atoms with van der Waals surface area (Å²) in [4.78, 5) is 23.7. The molecule has 1 atom stereocenters. The van der Waals surface area contributed by atoms with Crippen molar-refractivity contribution in [3.05, 3.63) is 59.1 Å². The molecule has 0 saturated carbocycles. The van der Waals surface area contributed by atoms with Crippen LogP contribution in [0, 0.1) is 0 Å². The van der Waals surface area contributed by atoms with Crippen LogP contribution in [0.5, 0.6) is 5.75 Å². The number of halogens is 1. The number of methoxy groups -OCH3 is 1. The Bertz CT molecular complexity index is 749. The fraction of sp³-hybridized carbons (Fsp3) is 0.263. The molecule has 138 valence electrons. The standard InChI is InChI=1S/C19H21ClN2O4/c1-13(26-17-8-6-15(20)7-9-17)19(24)21-11-14-4-3-5-16(10-14)22-18(23)12-25-2/h3-10,13H,11-12H2,1-2H3,(H,21,24)(H,22,23). The third-order valence-corrected chi connectivity index (χ3v) is 3.70. The van der Waals surface area contributed by atoms with Crippen LogP contribution in [0.25, 0.3) is 0 Å². The van der Waals surface area contributed by atoms with Crippen LogP contribution in [0.3, 0.4) is 0 Å². The molecule has 0 radical (unpaired) electrons. The lowest BCUT2D eigenvalue weighted by molar-refractivity contribution is -0.127. The largest absolute Gasteiger partial charge is 0.481 e.